The lowest BCUT2D eigenvalue weighted by atomic mass is 10.0. The van der Waals surface area contributed by atoms with E-state index in [0.717, 1.165) is 43.2 Å². The maximum atomic E-state index is 12.5. The maximum Gasteiger partial charge on any atom is 0.266 e. The van der Waals surface area contributed by atoms with Crippen molar-refractivity contribution in [3.63, 3.8) is 0 Å². The predicted molar refractivity (Wildman–Crippen MR) is 83.1 cm³/mol. The molecule has 0 spiro atoms. The average molecular weight is 303 g/mol. The first-order valence-corrected chi connectivity index (χ1v) is 7.52. The second kappa shape index (κ2) is 6.36. The summed E-state index contributed by atoms with van der Waals surface area (Å²) in [5.41, 5.74) is 1.66. The zero-order chi connectivity index (χ0) is 15.5. The molecule has 1 saturated heterocycles. The first kappa shape index (κ1) is 14.8. The molecule has 2 heterocycles. The van der Waals surface area contributed by atoms with E-state index in [0.29, 0.717) is 6.42 Å². The Morgan fingerprint density at radius 1 is 1.27 bits per heavy atom. The number of likely N-dealkylation sites (N-methyl/N-ethyl adjacent to an activating group) is 1. The molecule has 2 aliphatic rings. The van der Waals surface area contributed by atoms with Gasteiger partial charge >= 0.3 is 0 Å². The second-order valence-electron chi connectivity index (χ2n) is 5.67. The normalized spacial score (nSPS) is 22.2. The molecule has 0 radical (unpaired) electrons. The number of ether oxygens (including phenoxy) is 1. The minimum absolute atomic E-state index is 0.0294. The van der Waals surface area contributed by atoms with E-state index in [9.17, 15) is 4.79 Å². The van der Waals surface area contributed by atoms with Crippen LogP contribution in [0.4, 0.5) is 0 Å². The van der Waals surface area contributed by atoms with Crippen LogP contribution >= 0.6 is 0 Å². The van der Waals surface area contributed by atoms with Gasteiger partial charge in [0.05, 0.1) is 12.8 Å². The highest BCUT2D eigenvalue weighted by Crippen LogP contribution is 2.25. The second-order valence-corrected chi connectivity index (χ2v) is 5.67. The Hall–Kier alpha value is -2.08. The Bertz CT molecular complexity index is 580. The zero-order valence-electron chi connectivity index (χ0n) is 13.0. The number of carbonyl (C=O) groups excluding carboxylic acids is 1. The first-order valence-electron chi connectivity index (χ1n) is 7.52. The van der Waals surface area contributed by atoms with Gasteiger partial charge in [0, 0.05) is 38.2 Å². The van der Waals surface area contributed by atoms with Crippen LogP contribution in [0.25, 0.3) is 0 Å². The van der Waals surface area contributed by atoms with Gasteiger partial charge in [0.15, 0.2) is 0 Å². The molecular formula is C16H21N3O3. The fourth-order valence-corrected chi connectivity index (χ4v) is 2.78. The lowest BCUT2D eigenvalue weighted by Gasteiger charge is -2.33. The Labute approximate surface area is 130 Å². The number of oxime groups is 1. The van der Waals surface area contributed by atoms with Crippen LogP contribution in [0.15, 0.2) is 29.4 Å². The molecule has 22 heavy (non-hydrogen) atoms. The number of piperazine rings is 1. The van der Waals surface area contributed by atoms with Crippen LogP contribution in [0.1, 0.15) is 12.0 Å². The molecule has 1 amide bonds. The van der Waals surface area contributed by atoms with Gasteiger partial charge < -0.3 is 19.4 Å². The summed E-state index contributed by atoms with van der Waals surface area (Å²) in [5, 5.41) is 4.11. The first-order chi connectivity index (χ1) is 10.7. The summed E-state index contributed by atoms with van der Waals surface area (Å²) in [6, 6.07) is 7.65. The smallest absolute Gasteiger partial charge is 0.266 e. The van der Waals surface area contributed by atoms with Gasteiger partial charge in [0.2, 0.25) is 6.10 Å². The summed E-state index contributed by atoms with van der Waals surface area (Å²) in [7, 11) is 3.69. The number of hydrogen-bond donors (Lipinski definition) is 0. The van der Waals surface area contributed by atoms with Crippen molar-refractivity contribution < 1.29 is 14.4 Å². The van der Waals surface area contributed by atoms with E-state index < -0.39 is 6.10 Å². The summed E-state index contributed by atoms with van der Waals surface area (Å²) < 4.78 is 5.34. The number of rotatable bonds is 3. The van der Waals surface area contributed by atoms with Crippen molar-refractivity contribution >= 4 is 11.6 Å². The predicted octanol–water partition coefficient (Wildman–Crippen LogP) is 0.962. The molecular weight excluding hydrogens is 282 g/mol. The zero-order valence-corrected chi connectivity index (χ0v) is 13.0. The molecule has 1 atom stereocenters. The molecule has 1 aromatic carbocycles. The molecule has 0 aromatic heterocycles. The number of benzene rings is 1. The van der Waals surface area contributed by atoms with Crippen molar-refractivity contribution in [1.82, 2.24) is 9.80 Å². The van der Waals surface area contributed by atoms with E-state index in [4.69, 9.17) is 9.57 Å². The van der Waals surface area contributed by atoms with E-state index in [1.807, 2.05) is 29.2 Å². The number of hydrogen-bond acceptors (Lipinski definition) is 5. The lowest BCUT2D eigenvalue weighted by molar-refractivity contribution is -0.143. The molecule has 0 bridgehead atoms. The van der Waals surface area contributed by atoms with Crippen LogP contribution in [0.2, 0.25) is 0 Å². The SMILES string of the molecule is COc1ccccc1C1=NO[C@H](C(=O)N2CCN(C)CC2)C1. The van der Waals surface area contributed by atoms with Gasteiger partial charge in [-0.05, 0) is 19.2 Å². The highest BCUT2D eigenvalue weighted by molar-refractivity contribution is 6.05. The van der Waals surface area contributed by atoms with Gasteiger partial charge in [0.1, 0.15) is 5.75 Å². The van der Waals surface area contributed by atoms with Crippen molar-refractivity contribution in [3.05, 3.63) is 29.8 Å². The van der Waals surface area contributed by atoms with E-state index in [1.165, 1.54) is 0 Å². The summed E-state index contributed by atoms with van der Waals surface area (Å²) in [5.74, 6) is 0.777. The van der Waals surface area contributed by atoms with E-state index in [1.54, 1.807) is 7.11 Å². The molecule has 0 unspecified atom stereocenters. The fourth-order valence-electron chi connectivity index (χ4n) is 2.78. The molecule has 0 saturated carbocycles. The standard InChI is InChI=1S/C16H21N3O3/c1-18-7-9-19(10-8-18)16(20)15-11-13(17-22-15)12-5-3-4-6-14(12)21-2/h3-6,15H,7-11H2,1-2H3/t15-/m0/s1. The summed E-state index contributed by atoms with van der Waals surface area (Å²) >= 11 is 0. The topological polar surface area (TPSA) is 54.4 Å². The summed E-state index contributed by atoms with van der Waals surface area (Å²) in [6.45, 7) is 3.30. The van der Waals surface area contributed by atoms with Gasteiger partial charge in [-0.2, -0.15) is 0 Å². The summed E-state index contributed by atoms with van der Waals surface area (Å²) in [4.78, 5) is 22.0. The largest absolute Gasteiger partial charge is 0.496 e. The fraction of sp³-hybridized carbons (Fsp3) is 0.500. The Kier molecular flexibility index (Phi) is 4.29. The molecule has 3 rings (SSSR count). The number of nitrogens with zero attached hydrogens (tertiary/aromatic N) is 3. The molecule has 1 aromatic rings. The summed E-state index contributed by atoms with van der Waals surface area (Å²) in [6.07, 6.45) is -0.0192. The van der Waals surface area contributed by atoms with E-state index in [-0.39, 0.29) is 5.91 Å². The lowest BCUT2D eigenvalue weighted by Crippen LogP contribution is -2.50. The minimum atomic E-state index is -0.511. The maximum absolute atomic E-state index is 12.5. The van der Waals surface area contributed by atoms with E-state index in [2.05, 4.69) is 17.1 Å². The monoisotopic (exact) mass is 303 g/mol. The van der Waals surface area contributed by atoms with Gasteiger partial charge in [-0.3, -0.25) is 4.79 Å². The number of para-hydroxylation sites is 1. The third kappa shape index (κ3) is 2.92. The van der Waals surface area contributed by atoms with Crippen LogP contribution in [0.5, 0.6) is 5.75 Å². The van der Waals surface area contributed by atoms with Crippen LogP contribution in [0.3, 0.4) is 0 Å². The highest BCUT2D eigenvalue weighted by atomic mass is 16.6. The van der Waals surface area contributed by atoms with Gasteiger partial charge in [-0.25, -0.2) is 0 Å². The Morgan fingerprint density at radius 2 is 2.00 bits per heavy atom. The Balaban J connectivity index is 1.65. The third-order valence-electron chi connectivity index (χ3n) is 4.18. The third-order valence-corrected chi connectivity index (χ3v) is 4.18. The van der Waals surface area contributed by atoms with Gasteiger partial charge in [-0.1, -0.05) is 17.3 Å². The molecule has 0 N–H and O–H groups in total. The van der Waals surface area contributed by atoms with Gasteiger partial charge in [0.25, 0.3) is 5.91 Å². The van der Waals surface area contributed by atoms with Crippen molar-refractivity contribution in [2.45, 2.75) is 12.5 Å². The molecule has 1 fully saturated rings. The van der Waals surface area contributed by atoms with Crippen molar-refractivity contribution in [1.29, 1.82) is 0 Å². The van der Waals surface area contributed by atoms with E-state index >= 15 is 0 Å². The molecule has 2 aliphatic heterocycles. The number of methoxy groups -OCH3 is 1. The van der Waals surface area contributed by atoms with Crippen LogP contribution in [-0.2, 0) is 9.63 Å². The minimum Gasteiger partial charge on any atom is -0.496 e. The van der Waals surface area contributed by atoms with Gasteiger partial charge in [-0.15, -0.1) is 0 Å². The number of carbonyl (C=O) groups is 1. The Morgan fingerprint density at radius 3 is 2.73 bits per heavy atom. The van der Waals surface area contributed by atoms with Crippen LogP contribution in [0, 0.1) is 0 Å². The van der Waals surface area contributed by atoms with Crippen molar-refractivity contribution in [2.24, 2.45) is 5.16 Å². The molecule has 6 heteroatoms. The highest BCUT2D eigenvalue weighted by Gasteiger charge is 2.34. The molecule has 6 nitrogen and oxygen atoms in total. The molecule has 0 aliphatic carbocycles. The molecule has 118 valence electrons. The average Bonchev–Trinajstić information content (AvgIpc) is 3.04. The van der Waals surface area contributed by atoms with Crippen molar-refractivity contribution in [3.8, 4) is 5.75 Å². The quantitative estimate of drug-likeness (QED) is 0.835. The number of amides is 1. The van der Waals surface area contributed by atoms with Crippen LogP contribution in [-0.4, -0.2) is 67.9 Å². The van der Waals surface area contributed by atoms with Crippen LogP contribution < -0.4 is 4.74 Å². The van der Waals surface area contributed by atoms with Crippen molar-refractivity contribution in [2.75, 3.05) is 40.3 Å².